The molecule has 4 nitrogen and oxygen atoms in total. The van der Waals surface area contributed by atoms with E-state index in [2.05, 4.69) is 5.32 Å². The largest absolute Gasteiger partial charge is 0.494 e. The van der Waals surface area contributed by atoms with Crippen molar-refractivity contribution in [3.05, 3.63) is 29.8 Å². The minimum Gasteiger partial charge on any atom is -0.494 e. The standard InChI is InChI=1S/C16H26N2O2/c1-13-7-6-8-14(11-13)20-10-5-4-9-15(19)18-16(2,3)12-17/h6-8,11H,4-5,9-10,12,17H2,1-3H3,(H,18,19). The van der Waals surface area contributed by atoms with Gasteiger partial charge in [-0.05, 0) is 51.3 Å². The van der Waals surface area contributed by atoms with Crippen LogP contribution in [0, 0.1) is 6.92 Å². The summed E-state index contributed by atoms with van der Waals surface area (Å²) in [5.41, 5.74) is 6.43. The number of amides is 1. The van der Waals surface area contributed by atoms with E-state index in [1.807, 2.05) is 45.0 Å². The molecule has 0 spiro atoms. The molecule has 0 radical (unpaired) electrons. The van der Waals surface area contributed by atoms with E-state index in [0.717, 1.165) is 18.6 Å². The SMILES string of the molecule is Cc1cccc(OCCCCC(=O)NC(C)(C)CN)c1. The molecule has 1 rings (SSSR count). The molecule has 0 aliphatic rings. The number of hydrogen-bond donors (Lipinski definition) is 2. The van der Waals surface area contributed by atoms with E-state index in [1.165, 1.54) is 5.56 Å². The first-order valence-corrected chi connectivity index (χ1v) is 7.13. The zero-order valence-electron chi connectivity index (χ0n) is 12.7. The molecule has 0 aliphatic carbocycles. The Morgan fingerprint density at radius 2 is 2.10 bits per heavy atom. The summed E-state index contributed by atoms with van der Waals surface area (Å²) in [6, 6.07) is 7.98. The summed E-state index contributed by atoms with van der Waals surface area (Å²) in [7, 11) is 0. The Morgan fingerprint density at radius 1 is 1.35 bits per heavy atom. The van der Waals surface area contributed by atoms with Crippen LogP contribution in [0.1, 0.15) is 38.7 Å². The third-order valence-electron chi connectivity index (χ3n) is 3.04. The first-order chi connectivity index (χ1) is 9.43. The molecule has 1 amide bonds. The molecule has 0 heterocycles. The van der Waals surface area contributed by atoms with Crippen molar-refractivity contribution in [3.63, 3.8) is 0 Å². The molecule has 0 saturated heterocycles. The number of rotatable bonds is 8. The van der Waals surface area contributed by atoms with Crippen molar-refractivity contribution in [1.82, 2.24) is 5.32 Å². The number of carbonyl (C=O) groups is 1. The topological polar surface area (TPSA) is 64.3 Å². The van der Waals surface area contributed by atoms with Crippen LogP contribution in [0.25, 0.3) is 0 Å². The number of hydrogen-bond acceptors (Lipinski definition) is 3. The van der Waals surface area contributed by atoms with Crippen LogP contribution in [0.15, 0.2) is 24.3 Å². The van der Waals surface area contributed by atoms with Crippen LogP contribution in [-0.2, 0) is 4.79 Å². The van der Waals surface area contributed by atoms with Gasteiger partial charge in [0.1, 0.15) is 5.75 Å². The second kappa shape index (κ2) is 7.90. The summed E-state index contributed by atoms with van der Waals surface area (Å²) in [5, 5.41) is 2.92. The molecule has 0 aliphatic heterocycles. The molecule has 0 bridgehead atoms. The van der Waals surface area contributed by atoms with Gasteiger partial charge in [-0.15, -0.1) is 0 Å². The highest BCUT2D eigenvalue weighted by Crippen LogP contribution is 2.13. The zero-order chi connectivity index (χ0) is 15.0. The highest BCUT2D eigenvalue weighted by Gasteiger charge is 2.17. The Labute approximate surface area is 121 Å². The number of carbonyl (C=O) groups excluding carboxylic acids is 1. The summed E-state index contributed by atoms with van der Waals surface area (Å²) in [6.07, 6.45) is 2.20. The first-order valence-electron chi connectivity index (χ1n) is 7.13. The van der Waals surface area contributed by atoms with Crippen LogP contribution in [0.4, 0.5) is 0 Å². The van der Waals surface area contributed by atoms with E-state index in [1.54, 1.807) is 0 Å². The maximum Gasteiger partial charge on any atom is 0.220 e. The lowest BCUT2D eigenvalue weighted by Gasteiger charge is -2.24. The van der Waals surface area contributed by atoms with Gasteiger partial charge in [-0.1, -0.05) is 12.1 Å². The van der Waals surface area contributed by atoms with Gasteiger partial charge in [-0.3, -0.25) is 4.79 Å². The number of nitrogens with two attached hydrogens (primary N) is 1. The number of nitrogens with one attached hydrogen (secondary N) is 1. The first kappa shape index (κ1) is 16.5. The van der Waals surface area contributed by atoms with Crippen LogP contribution in [0.5, 0.6) is 5.75 Å². The number of benzene rings is 1. The quantitative estimate of drug-likeness (QED) is 0.718. The molecule has 4 heteroatoms. The van der Waals surface area contributed by atoms with Crippen molar-refractivity contribution in [1.29, 1.82) is 0 Å². The van der Waals surface area contributed by atoms with Crippen molar-refractivity contribution in [3.8, 4) is 5.75 Å². The fourth-order valence-corrected chi connectivity index (χ4v) is 1.77. The van der Waals surface area contributed by atoms with Crippen molar-refractivity contribution in [2.75, 3.05) is 13.2 Å². The lowest BCUT2D eigenvalue weighted by atomic mass is 10.1. The molecule has 0 aromatic heterocycles. The molecule has 1 aromatic carbocycles. The van der Waals surface area contributed by atoms with Gasteiger partial charge < -0.3 is 15.8 Å². The Hall–Kier alpha value is -1.55. The van der Waals surface area contributed by atoms with Crippen molar-refractivity contribution < 1.29 is 9.53 Å². The average molecular weight is 278 g/mol. The van der Waals surface area contributed by atoms with Crippen LogP contribution in [0.2, 0.25) is 0 Å². The van der Waals surface area contributed by atoms with Gasteiger partial charge in [0, 0.05) is 18.5 Å². The molecule has 1 aromatic rings. The monoisotopic (exact) mass is 278 g/mol. The molecule has 0 fully saturated rings. The molecule has 0 unspecified atom stereocenters. The molecule has 112 valence electrons. The highest BCUT2D eigenvalue weighted by molar-refractivity contribution is 5.76. The third-order valence-corrected chi connectivity index (χ3v) is 3.04. The Balaban J connectivity index is 2.15. The average Bonchev–Trinajstić information content (AvgIpc) is 2.38. The zero-order valence-corrected chi connectivity index (χ0v) is 12.7. The Morgan fingerprint density at radius 3 is 2.75 bits per heavy atom. The van der Waals surface area contributed by atoms with E-state index in [9.17, 15) is 4.79 Å². The van der Waals surface area contributed by atoms with Crippen LogP contribution >= 0.6 is 0 Å². The number of aryl methyl sites for hydroxylation is 1. The van der Waals surface area contributed by atoms with Crippen molar-refractivity contribution >= 4 is 5.91 Å². The predicted octanol–water partition coefficient (Wildman–Crippen LogP) is 2.40. The maximum atomic E-state index is 11.7. The van der Waals surface area contributed by atoms with Gasteiger partial charge in [0.05, 0.1) is 6.61 Å². The van der Waals surface area contributed by atoms with Crippen LogP contribution in [-0.4, -0.2) is 24.6 Å². The molecular formula is C16H26N2O2. The van der Waals surface area contributed by atoms with Crippen LogP contribution < -0.4 is 15.8 Å². The van der Waals surface area contributed by atoms with E-state index in [4.69, 9.17) is 10.5 Å². The lowest BCUT2D eigenvalue weighted by molar-refractivity contribution is -0.122. The van der Waals surface area contributed by atoms with Crippen molar-refractivity contribution in [2.24, 2.45) is 5.73 Å². The summed E-state index contributed by atoms with van der Waals surface area (Å²) in [4.78, 5) is 11.7. The fourth-order valence-electron chi connectivity index (χ4n) is 1.77. The normalized spacial score (nSPS) is 11.2. The van der Waals surface area contributed by atoms with Crippen LogP contribution in [0.3, 0.4) is 0 Å². The second-order valence-electron chi connectivity index (χ2n) is 5.76. The second-order valence-corrected chi connectivity index (χ2v) is 5.76. The molecule has 0 atom stereocenters. The molecule has 3 N–H and O–H groups in total. The molecular weight excluding hydrogens is 252 g/mol. The smallest absolute Gasteiger partial charge is 0.220 e. The molecule has 20 heavy (non-hydrogen) atoms. The minimum absolute atomic E-state index is 0.0519. The van der Waals surface area contributed by atoms with Gasteiger partial charge in [0.25, 0.3) is 0 Å². The van der Waals surface area contributed by atoms with Gasteiger partial charge >= 0.3 is 0 Å². The van der Waals surface area contributed by atoms with Gasteiger partial charge in [-0.2, -0.15) is 0 Å². The summed E-state index contributed by atoms with van der Waals surface area (Å²) >= 11 is 0. The van der Waals surface area contributed by atoms with E-state index >= 15 is 0 Å². The number of unbranched alkanes of at least 4 members (excludes halogenated alkanes) is 1. The fraction of sp³-hybridized carbons (Fsp3) is 0.562. The Bertz CT molecular complexity index is 430. The van der Waals surface area contributed by atoms with Gasteiger partial charge in [0.2, 0.25) is 5.91 Å². The van der Waals surface area contributed by atoms with Gasteiger partial charge in [-0.25, -0.2) is 0 Å². The minimum atomic E-state index is -0.324. The third kappa shape index (κ3) is 6.57. The van der Waals surface area contributed by atoms with E-state index in [0.29, 0.717) is 19.6 Å². The summed E-state index contributed by atoms with van der Waals surface area (Å²) in [6.45, 7) is 6.96. The molecule has 0 saturated carbocycles. The Kier molecular flexibility index (Phi) is 6.52. The highest BCUT2D eigenvalue weighted by atomic mass is 16.5. The lowest BCUT2D eigenvalue weighted by Crippen LogP contribution is -2.48. The van der Waals surface area contributed by atoms with Crippen molar-refractivity contribution in [2.45, 2.75) is 45.6 Å². The summed E-state index contributed by atoms with van der Waals surface area (Å²) < 4.78 is 5.64. The predicted molar refractivity (Wildman–Crippen MR) is 81.8 cm³/mol. The van der Waals surface area contributed by atoms with Gasteiger partial charge in [0.15, 0.2) is 0 Å². The van der Waals surface area contributed by atoms with E-state index in [-0.39, 0.29) is 11.4 Å². The van der Waals surface area contributed by atoms with E-state index < -0.39 is 0 Å². The summed E-state index contributed by atoms with van der Waals surface area (Å²) in [5.74, 6) is 0.940. The number of ether oxygens (including phenoxy) is 1. The maximum absolute atomic E-state index is 11.7.